The number of aliphatic hydroxyl groups is 1. The summed E-state index contributed by atoms with van der Waals surface area (Å²) in [5.41, 5.74) is 2.82. The molecule has 0 spiro atoms. The first-order valence-electron chi connectivity index (χ1n) is 5.15. The lowest BCUT2D eigenvalue weighted by Crippen LogP contribution is -2.46. The van der Waals surface area contributed by atoms with Gasteiger partial charge in [0.25, 0.3) is 0 Å². The van der Waals surface area contributed by atoms with E-state index < -0.39 is 42.3 Å². The first-order valence-corrected chi connectivity index (χ1v) is 5.94. The van der Waals surface area contributed by atoms with Gasteiger partial charge in [0.05, 0.1) is 5.54 Å². The third-order valence-electron chi connectivity index (χ3n) is 2.64. The maximum Gasteiger partial charge on any atom is 0.414 e. The molecule has 0 aliphatic carbocycles. The minimum atomic E-state index is -4.94. The Bertz CT molecular complexity index is 453. The van der Waals surface area contributed by atoms with Gasteiger partial charge in [-0.3, -0.25) is 0 Å². The van der Waals surface area contributed by atoms with Gasteiger partial charge in [-0.25, -0.2) is 8.78 Å². The lowest BCUT2D eigenvalue weighted by molar-refractivity contribution is -0.210. The van der Waals surface area contributed by atoms with Gasteiger partial charge in [-0.2, -0.15) is 13.2 Å². The van der Waals surface area contributed by atoms with E-state index in [4.69, 9.17) is 10.8 Å². The SMILES string of the molecule is NC(CF)(C[C@H](O)C(F)(F)F)c1cc(Br)ccc1F. The molecule has 0 saturated heterocycles. The zero-order valence-corrected chi connectivity index (χ0v) is 11.1. The van der Waals surface area contributed by atoms with Crippen LogP contribution in [0.5, 0.6) is 0 Å². The first-order chi connectivity index (χ1) is 8.60. The van der Waals surface area contributed by atoms with Crippen LogP contribution in [0.15, 0.2) is 22.7 Å². The molecule has 0 amide bonds. The number of halogens is 6. The van der Waals surface area contributed by atoms with E-state index >= 15 is 0 Å². The molecule has 0 aliphatic heterocycles. The van der Waals surface area contributed by atoms with E-state index in [2.05, 4.69) is 15.9 Å². The molecule has 1 rings (SSSR count). The van der Waals surface area contributed by atoms with E-state index in [0.29, 0.717) is 4.47 Å². The summed E-state index contributed by atoms with van der Waals surface area (Å²) in [6.45, 7) is -1.44. The molecule has 8 heteroatoms. The molecule has 19 heavy (non-hydrogen) atoms. The summed E-state index contributed by atoms with van der Waals surface area (Å²) >= 11 is 2.99. The van der Waals surface area contributed by atoms with Crippen LogP contribution in [-0.2, 0) is 5.54 Å². The number of hydrogen-bond acceptors (Lipinski definition) is 2. The standard InChI is InChI=1S/C11H11BrF5NO/c12-6-1-2-8(14)7(3-6)10(18,5-13)4-9(19)11(15,16)17/h1-3,9,19H,4-5,18H2/t9-,10?/m0/s1. The Morgan fingerprint density at radius 2 is 1.89 bits per heavy atom. The van der Waals surface area contributed by atoms with Crippen molar-refractivity contribution in [1.82, 2.24) is 0 Å². The van der Waals surface area contributed by atoms with Crippen molar-refractivity contribution in [1.29, 1.82) is 0 Å². The third-order valence-corrected chi connectivity index (χ3v) is 3.13. The first kappa shape index (κ1) is 16.3. The molecular formula is C11H11BrF5NO. The minimum Gasteiger partial charge on any atom is -0.384 e. The van der Waals surface area contributed by atoms with E-state index in [1.165, 1.54) is 6.07 Å². The number of hydrogen-bond donors (Lipinski definition) is 2. The second-order valence-corrected chi connectivity index (χ2v) is 5.09. The van der Waals surface area contributed by atoms with Crippen molar-refractivity contribution in [3.05, 3.63) is 34.1 Å². The van der Waals surface area contributed by atoms with Crippen LogP contribution in [0.2, 0.25) is 0 Å². The highest BCUT2D eigenvalue weighted by molar-refractivity contribution is 9.10. The number of alkyl halides is 4. The maximum absolute atomic E-state index is 13.6. The highest BCUT2D eigenvalue weighted by atomic mass is 79.9. The van der Waals surface area contributed by atoms with Crippen molar-refractivity contribution in [2.24, 2.45) is 5.73 Å². The largest absolute Gasteiger partial charge is 0.414 e. The molecule has 1 unspecified atom stereocenters. The monoisotopic (exact) mass is 347 g/mol. The number of benzene rings is 1. The van der Waals surface area contributed by atoms with E-state index in [-0.39, 0.29) is 0 Å². The Morgan fingerprint density at radius 3 is 2.37 bits per heavy atom. The molecule has 0 saturated carbocycles. The van der Waals surface area contributed by atoms with Crippen LogP contribution in [0.25, 0.3) is 0 Å². The summed E-state index contributed by atoms with van der Waals surface area (Å²) in [5.74, 6) is -0.933. The van der Waals surface area contributed by atoms with Crippen molar-refractivity contribution in [3.8, 4) is 0 Å². The molecule has 1 aromatic rings. The Morgan fingerprint density at radius 1 is 1.32 bits per heavy atom. The summed E-state index contributed by atoms with van der Waals surface area (Å²) in [4.78, 5) is 0. The van der Waals surface area contributed by atoms with E-state index in [1.807, 2.05) is 0 Å². The Hall–Kier alpha value is -0.730. The van der Waals surface area contributed by atoms with Gasteiger partial charge in [-0.1, -0.05) is 15.9 Å². The van der Waals surface area contributed by atoms with Crippen LogP contribution >= 0.6 is 15.9 Å². The predicted molar refractivity (Wildman–Crippen MR) is 62.6 cm³/mol. The van der Waals surface area contributed by atoms with Crippen LogP contribution in [0, 0.1) is 5.82 Å². The lowest BCUT2D eigenvalue weighted by atomic mass is 9.86. The number of aliphatic hydroxyl groups excluding tert-OH is 1. The zero-order chi connectivity index (χ0) is 14.8. The van der Waals surface area contributed by atoms with Crippen LogP contribution in [-0.4, -0.2) is 24.1 Å². The van der Waals surface area contributed by atoms with Crippen molar-refractivity contribution in [3.63, 3.8) is 0 Å². The summed E-state index contributed by atoms with van der Waals surface area (Å²) in [7, 11) is 0. The molecule has 0 aromatic heterocycles. The van der Waals surface area contributed by atoms with Gasteiger partial charge in [-0.15, -0.1) is 0 Å². The molecule has 0 bridgehead atoms. The highest BCUT2D eigenvalue weighted by Gasteiger charge is 2.44. The third kappa shape index (κ3) is 3.87. The second-order valence-electron chi connectivity index (χ2n) is 4.18. The average Bonchev–Trinajstić information content (AvgIpc) is 2.30. The van der Waals surface area contributed by atoms with E-state index in [1.54, 1.807) is 0 Å². The summed E-state index contributed by atoms with van der Waals surface area (Å²) < 4.78 is 63.8. The fraction of sp³-hybridized carbons (Fsp3) is 0.455. The highest BCUT2D eigenvalue weighted by Crippen LogP contribution is 2.33. The molecule has 0 aliphatic rings. The smallest absolute Gasteiger partial charge is 0.384 e. The van der Waals surface area contributed by atoms with Crippen molar-refractivity contribution in [2.45, 2.75) is 24.2 Å². The molecule has 2 nitrogen and oxygen atoms in total. The molecule has 0 radical (unpaired) electrons. The van der Waals surface area contributed by atoms with Crippen LogP contribution in [0.4, 0.5) is 22.0 Å². The van der Waals surface area contributed by atoms with Crippen molar-refractivity contribution >= 4 is 15.9 Å². The average molecular weight is 348 g/mol. The molecule has 0 heterocycles. The van der Waals surface area contributed by atoms with Gasteiger partial charge in [0.2, 0.25) is 0 Å². The number of rotatable bonds is 4. The molecule has 2 atom stereocenters. The Balaban J connectivity index is 3.13. The van der Waals surface area contributed by atoms with Gasteiger partial charge >= 0.3 is 6.18 Å². The van der Waals surface area contributed by atoms with Crippen LogP contribution in [0.3, 0.4) is 0 Å². The van der Waals surface area contributed by atoms with Crippen LogP contribution in [0.1, 0.15) is 12.0 Å². The minimum absolute atomic E-state index is 0.341. The van der Waals surface area contributed by atoms with Gasteiger partial charge in [-0.05, 0) is 18.2 Å². The van der Waals surface area contributed by atoms with Gasteiger partial charge in [0.15, 0.2) is 6.10 Å². The molecule has 108 valence electrons. The zero-order valence-electron chi connectivity index (χ0n) is 9.52. The molecule has 3 N–H and O–H groups in total. The molecular weight excluding hydrogens is 337 g/mol. The van der Waals surface area contributed by atoms with E-state index in [0.717, 1.165) is 12.1 Å². The summed E-state index contributed by atoms with van der Waals surface area (Å²) in [6.07, 6.45) is -8.94. The van der Waals surface area contributed by atoms with Crippen molar-refractivity contribution < 1.29 is 27.1 Å². The summed E-state index contributed by atoms with van der Waals surface area (Å²) in [6, 6.07) is 3.35. The normalized spacial score (nSPS) is 17.1. The fourth-order valence-corrected chi connectivity index (χ4v) is 1.94. The Labute approximate surface area is 114 Å². The van der Waals surface area contributed by atoms with Crippen molar-refractivity contribution in [2.75, 3.05) is 6.67 Å². The molecule has 0 fully saturated rings. The van der Waals surface area contributed by atoms with Crippen LogP contribution < -0.4 is 5.73 Å². The van der Waals surface area contributed by atoms with Gasteiger partial charge in [0.1, 0.15) is 12.5 Å². The van der Waals surface area contributed by atoms with Gasteiger partial charge in [0, 0.05) is 16.5 Å². The maximum atomic E-state index is 13.6. The number of nitrogens with two attached hydrogens (primary N) is 1. The van der Waals surface area contributed by atoms with E-state index in [9.17, 15) is 22.0 Å². The lowest BCUT2D eigenvalue weighted by Gasteiger charge is -2.30. The Kier molecular flexibility index (Phi) is 4.91. The molecule has 1 aromatic carbocycles. The quantitative estimate of drug-likeness (QED) is 0.822. The fourth-order valence-electron chi connectivity index (χ4n) is 1.58. The summed E-state index contributed by atoms with van der Waals surface area (Å²) in [5, 5.41) is 8.97. The predicted octanol–water partition coefficient (Wildman–Crippen LogP) is 3.03. The second kappa shape index (κ2) is 5.72. The van der Waals surface area contributed by atoms with Gasteiger partial charge < -0.3 is 10.8 Å². The topological polar surface area (TPSA) is 46.2 Å².